The van der Waals surface area contributed by atoms with Crippen molar-refractivity contribution in [1.82, 2.24) is 15.0 Å². The summed E-state index contributed by atoms with van der Waals surface area (Å²) in [7, 11) is 1.60. The molecule has 0 saturated carbocycles. The first-order valence-electron chi connectivity index (χ1n) is 7.56. The molecule has 3 aromatic heterocycles. The molecule has 0 saturated heterocycles. The van der Waals surface area contributed by atoms with Crippen LogP contribution < -0.4 is 10.1 Å². The molecule has 0 aliphatic rings. The van der Waals surface area contributed by atoms with Crippen molar-refractivity contribution >= 4 is 39.3 Å². The molecular formula is C18H14N4O3. The molecule has 0 spiro atoms. The number of methoxy groups -OCH3 is 1. The van der Waals surface area contributed by atoms with Gasteiger partial charge in [0, 0.05) is 34.9 Å². The van der Waals surface area contributed by atoms with Gasteiger partial charge in [-0.15, -0.1) is 0 Å². The van der Waals surface area contributed by atoms with E-state index in [9.17, 15) is 9.90 Å². The molecule has 0 fully saturated rings. The van der Waals surface area contributed by atoms with Crippen molar-refractivity contribution in [1.29, 1.82) is 0 Å². The molecular weight excluding hydrogens is 320 g/mol. The zero-order valence-electron chi connectivity index (χ0n) is 13.3. The van der Waals surface area contributed by atoms with Gasteiger partial charge in [-0.2, -0.15) is 0 Å². The van der Waals surface area contributed by atoms with Crippen LogP contribution in [-0.4, -0.2) is 33.1 Å². The number of hydrogen-bond acceptors (Lipinski definition) is 5. The van der Waals surface area contributed by atoms with Crippen LogP contribution in [0.25, 0.3) is 21.8 Å². The molecule has 4 aromatic rings. The van der Waals surface area contributed by atoms with Gasteiger partial charge in [0.1, 0.15) is 17.3 Å². The Bertz CT molecular complexity index is 1100. The van der Waals surface area contributed by atoms with E-state index in [-0.39, 0.29) is 5.69 Å². The van der Waals surface area contributed by atoms with Gasteiger partial charge in [-0.1, -0.05) is 6.07 Å². The number of nitrogens with zero attached hydrogens (tertiary/aromatic N) is 2. The zero-order chi connectivity index (χ0) is 17.4. The highest BCUT2D eigenvalue weighted by Crippen LogP contribution is 2.31. The summed E-state index contributed by atoms with van der Waals surface area (Å²) in [6.45, 7) is 0. The monoisotopic (exact) mass is 334 g/mol. The Hall–Kier alpha value is -3.61. The third-order valence-electron chi connectivity index (χ3n) is 3.94. The van der Waals surface area contributed by atoms with Crippen molar-refractivity contribution in [2.45, 2.75) is 0 Å². The second-order valence-corrected chi connectivity index (χ2v) is 5.49. The van der Waals surface area contributed by atoms with Crippen LogP contribution in [0.2, 0.25) is 0 Å². The Morgan fingerprint density at radius 1 is 1.24 bits per heavy atom. The minimum absolute atomic E-state index is 0.0989. The van der Waals surface area contributed by atoms with E-state index in [4.69, 9.17) is 4.74 Å². The molecule has 3 heterocycles. The van der Waals surface area contributed by atoms with E-state index in [0.717, 1.165) is 11.1 Å². The number of pyridine rings is 2. The van der Waals surface area contributed by atoms with Gasteiger partial charge in [0.25, 0.3) is 0 Å². The van der Waals surface area contributed by atoms with Crippen LogP contribution in [0.1, 0.15) is 10.5 Å². The van der Waals surface area contributed by atoms with Crippen LogP contribution in [0.4, 0.5) is 11.5 Å². The molecule has 0 aliphatic carbocycles. The standard InChI is InChI=1S/C18H14N4O3/c1-25-11-4-2-3-10(7-11)20-17-12-8-15(18(23)24)21-16(12)13-9-19-6-5-14(13)22-17/h2-9,21H,1H3,(H,20,22)(H,23,24). The van der Waals surface area contributed by atoms with Gasteiger partial charge in [0.2, 0.25) is 0 Å². The van der Waals surface area contributed by atoms with Crippen molar-refractivity contribution in [3.05, 3.63) is 54.5 Å². The fourth-order valence-corrected chi connectivity index (χ4v) is 2.76. The highest BCUT2D eigenvalue weighted by molar-refractivity contribution is 6.11. The molecule has 7 heteroatoms. The Morgan fingerprint density at radius 3 is 2.92 bits per heavy atom. The minimum Gasteiger partial charge on any atom is -0.497 e. The van der Waals surface area contributed by atoms with Gasteiger partial charge in [-0.05, 0) is 24.3 Å². The lowest BCUT2D eigenvalue weighted by Gasteiger charge is -2.10. The van der Waals surface area contributed by atoms with Gasteiger partial charge in [0.05, 0.1) is 18.1 Å². The van der Waals surface area contributed by atoms with Crippen molar-refractivity contribution in [2.24, 2.45) is 0 Å². The van der Waals surface area contributed by atoms with E-state index in [2.05, 4.69) is 20.3 Å². The van der Waals surface area contributed by atoms with Crippen LogP contribution in [0.3, 0.4) is 0 Å². The first kappa shape index (κ1) is 14.9. The summed E-state index contributed by atoms with van der Waals surface area (Å²) in [6, 6.07) is 10.8. The number of nitrogens with one attached hydrogen (secondary N) is 2. The van der Waals surface area contributed by atoms with Gasteiger partial charge in [0.15, 0.2) is 0 Å². The number of carboxylic acid groups (broad SMARTS) is 1. The maximum atomic E-state index is 11.4. The summed E-state index contributed by atoms with van der Waals surface area (Å²) in [6.07, 6.45) is 3.32. The van der Waals surface area contributed by atoms with Gasteiger partial charge >= 0.3 is 5.97 Å². The summed E-state index contributed by atoms with van der Waals surface area (Å²) in [5, 5.41) is 14.0. The number of aromatic carboxylic acids is 1. The molecule has 3 N–H and O–H groups in total. The third kappa shape index (κ3) is 2.61. The minimum atomic E-state index is -1.03. The number of H-pyrrole nitrogens is 1. The first-order valence-corrected chi connectivity index (χ1v) is 7.56. The van der Waals surface area contributed by atoms with Gasteiger partial charge < -0.3 is 20.1 Å². The molecule has 7 nitrogen and oxygen atoms in total. The molecule has 1 aromatic carbocycles. The van der Waals surface area contributed by atoms with Gasteiger partial charge in [-0.25, -0.2) is 9.78 Å². The smallest absolute Gasteiger partial charge is 0.352 e. The number of aromatic nitrogens is 3. The van der Waals surface area contributed by atoms with E-state index in [0.29, 0.717) is 28.0 Å². The van der Waals surface area contributed by atoms with Crippen LogP contribution in [0.15, 0.2) is 48.8 Å². The topological polar surface area (TPSA) is 100 Å². The number of anilines is 2. The lowest BCUT2D eigenvalue weighted by molar-refractivity contribution is 0.0691. The maximum Gasteiger partial charge on any atom is 0.352 e. The quantitative estimate of drug-likeness (QED) is 0.527. The molecule has 0 radical (unpaired) electrons. The lowest BCUT2D eigenvalue weighted by Crippen LogP contribution is -1.96. The van der Waals surface area contributed by atoms with E-state index >= 15 is 0 Å². The second kappa shape index (κ2) is 5.79. The highest BCUT2D eigenvalue weighted by Gasteiger charge is 2.15. The Morgan fingerprint density at radius 2 is 2.12 bits per heavy atom. The molecule has 4 rings (SSSR count). The van der Waals surface area contributed by atoms with Crippen molar-refractivity contribution < 1.29 is 14.6 Å². The number of ether oxygens (including phenoxy) is 1. The van der Waals surface area contributed by atoms with Crippen LogP contribution in [0.5, 0.6) is 5.75 Å². The van der Waals surface area contributed by atoms with Crippen molar-refractivity contribution in [3.8, 4) is 5.75 Å². The fraction of sp³-hybridized carbons (Fsp3) is 0.0556. The molecule has 0 unspecified atom stereocenters. The summed E-state index contributed by atoms with van der Waals surface area (Å²) in [4.78, 5) is 23.0. The molecule has 25 heavy (non-hydrogen) atoms. The molecule has 0 aliphatic heterocycles. The summed E-state index contributed by atoms with van der Waals surface area (Å²) < 4.78 is 5.23. The third-order valence-corrected chi connectivity index (χ3v) is 3.94. The number of rotatable bonds is 4. The number of carboxylic acids is 1. The number of aromatic amines is 1. The van der Waals surface area contributed by atoms with E-state index < -0.39 is 5.97 Å². The number of fused-ring (bicyclic) bond motifs is 3. The van der Waals surface area contributed by atoms with Crippen molar-refractivity contribution in [2.75, 3.05) is 12.4 Å². The SMILES string of the molecule is COc1cccc(Nc2nc3ccncc3c3[nH]c(C(=O)O)cc23)c1. The number of benzene rings is 1. The van der Waals surface area contributed by atoms with Crippen LogP contribution in [-0.2, 0) is 0 Å². The average Bonchev–Trinajstić information content (AvgIpc) is 3.08. The van der Waals surface area contributed by atoms with E-state index in [1.807, 2.05) is 24.3 Å². The Labute approximate surface area is 142 Å². The summed E-state index contributed by atoms with van der Waals surface area (Å²) in [5.74, 6) is 0.248. The van der Waals surface area contributed by atoms with Crippen molar-refractivity contribution in [3.63, 3.8) is 0 Å². The molecule has 0 amide bonds. The molecule has 124 valence electrons. The average molecular weight is 334 g/mol. The Kier molecular flexibility index (Phi) is 3.46. The largest absolute Gasteiger partial charge is 0.497 e. The Balaban J connectivity index is 1.92. The highest BCUT2D eigenvalue weighted by atomic mass is 16.5. The lowest BCUT2D eigenvalue weighted by atomic mass is 10.2. The summed E-state index contributed by atoms with van der Waals surface area (Å²) >= 11 is 0. The van der Waals surface area contributed by atoms with Crippen LogP contribution in [0, 0.1) is 0 Å². The van der Waals surface area contributed by atoms with E-state index in [1.54, 1.807) is 31.6 Å². The van der Waals surface area contributed by atoms with Crippen LogP contribution >= 0.6 is 0 Å². The molecule has 0 bridgehead atoms. The predicted molar refractivity (Wildman–Crippen MR) is 94.6 cm³/mol. The zero-order valence-corrected chi connectivity index (χ0v) is 13.3. The fourth-order valence-electron chi connectivity index (χ4n) is 2.76. The van der Waals surface area contributed by atoms with E-state index in [1.165, 1.54) is 0 Å². The first-order chi connectivity index (χ1) is 12.2. The summed E-state index contributed by atoms with van der Waals surface area (Å²) in [5.41, 5.74) is 2.29. The predicted octanol–water partition coefficient (Wildman–Crippen LogP) is 3.56. The maximum absolute atomic E-state index is 11.4. The van der Waals surface area contributed by atoms with Gasteiger partial charge in [-0.3, -0.25) is 4.98 Å². The second-order valence-electron chi connectivity index (χ2n) is 5.49. The number of carbonyl (C=O) groups is 1. The number of hydrogen-bond donors (Lipinski definition) is 3. The normalized spacial score (nSPS) is 10.9. The molecule has 0 atom stereocenters.